The summed E-state index contributed by atoms with van der Waals surface area (Å²) >= 11 is 0. The smallest absolute Gasteiger partial charge is 0.329 e. The highest BCUT2D eigenvalue weighted by atomic mass is 16.5. The van der Waals surface area contributed by atoms with Crippen LogP contribution < -0.4 is 5.32 Å². The molecule has 0 spiro atoms. The molecule has 4 unspecified atom stereocenters. The molecule has 1 aliphatic carbocycles. The van der Waals surface area contributed by atoms with Gasteiger partial charge in [-0.05, 0) is 32.1 Å². The van der Waals surface area contributed by atoms with E-state index in [2.05, 4.69) is 5.32 Å². The van der Waals surface area contributed by atoms with Crippen LogP contribution in [0.1, 0.15) is 46.0 Å². The van der Waals surface area contributed by atoms with Crippen LogP contribution in [0.2, 0.25) is 0 Å². The third kappa shape index (κ3) is 3.31. The van der Waals surface area contributed by atoms with Crippen LogP contribution in [0.3, 0.4) is 0 Å². The van der Waals surface area contributed by atoms with Gasteiger partial charge in [0.1, 0.15) is 5.54 Å². The van der Waals surface area contributed by atoms with Crippen LogP contribution in [0.4, 0.5) is 4.79 Å². The number of amides is 2. The quantitative estimate of drug-likeness (QED) is 0.833. The van der Waals surface area contributed by atoms with E-state index in [1.165, 1.54) is 0 Å². The van der Waals surface area contributed by atoms with Gasteiger partial charge in [-0.25, -0.2) is 9.59 Å². The van der Waals surface area contributed by atoms with E-state index >= 15 is 0 Å². The topological polar surface area (TPSA) is 78.9 Å². The number of nitrogens with one attached hydrogen (secondary N) is 1. The van der Waals surface area contributed by atoms with E-state index in [0.29, 0.717) is 25.4 Å². The van der Waals surface area contributed by atoms with Crippen molar-refractivity contribution in [2.24, 2.45) is 5.92 Å². The van der Waals surface area contributed by atoms with Gasteiger partial charge in [-0.1, -0.05) is 19.8 Å². The summed E-state index contributed by atoms with van der Waals surface area (Å²) in [7, 11) is 1.72. The summed E-state index contributed by atoms with van der Waals surface area (Å²) in [4.78, 5) is 25.8. The van der Waals surface area contributed by atoms with Gasteiger partial charge < -0.3 is 20.1 Å². The van der Waals surface area contributed by atoms with Gasteiger partial charge in [0.2, 0.25) is 0 Å². The van der Waals surface area contributed by atoms with E-state index in [1.54, 1.807) is 11.9 Å². The molecule has 1 aliphatic heterocycles. The van der Waals surface area contributed by atoms with Gasteiger partial charge >= 0.3 is 12.0 Å². The van der Waals surface area contributed by atoms with Crippen LogP contribution >= 0.6 is 0 Å². The molecule has 120 valence electrons. The second-order valence-corrected chi connectivity index (χ2v) is 6.56. The van der Waals surface area contributed by atoms with Crippen molar-refractivity contribution < 1.29 is 19.4 Å². The number of hydrogen-bond acceptors (Lipinski definition) is 3. The molecule has 0 aromatic rings. The number of urea groups is 1. The largest absolute Gasteiger partial charge is 0.480 e. The number of aliphatic carboxylic acids is 1. The highest BCUT2D eigenvalue weighted by Crippen LogP contribution is 2.33. The minimum absolute atomic E-state index is 0.00759. The summed E-state index contributed by atoms with van der Waals surface area (Å²) in [5.74, 6) is -0.610. The Morgan fingerprint density at radius 2 is 2.05 bits per heavy atom. The fourth-order valence-corrected chi connectivity index (χ4v) is 3.59. The maximum Gasteiger partial charge on any atom is 0.329 e. The minimum atomic E-state index is -1.12. The number of carboxylic acid groups (broad SMARTS) is 1. The molecule has 21 heavy (non-hydrogen) atoms. The molecule has 2 rings (SSSR count). The van der Waals surface area contributed by atoms with Crippen molar-refractivity contribution in [2.45, 2.75) is 63.6 Å². The number of carbonyl (C=O) groups is 2. The lowest BCUT2D eigenvalue weighted by molar-refractivity contribution is -0.146. The number of carboxylic acids is 1. The van der Waals surface area contributed by atoms with Crippen LogP contribution in [0.5, 0.6) is 0 Å². The van der Waals surface area contributed by atoms with Crippen LogP contribution in [0.15, 0.2) is 0 Å². The van der Waals surface area contributed by atoms with E-state index in [4.69, 9.17) is 4.74 Å². The molecular formula is C15H26N2O4. The Kier molecular flexibility index (Phi) is 4.76. The summed E-state index contributed by atoms with van der Waals surface area (Å²) < 4.78 is 5.48. The van der Waals surface area contributed by atoms with Gasteiger partial charge in [-0.2, -0.15) is 0 Å². The standard InChI is InChI=1S/C15H26N2O4/c1-10-5-4-7-15(9-10,13(18)19)16-14(20)17(3)12-6-8-21-11(12)2/h10-12H,4-9H2,1-3H3,(H,16,20)(H,18,19). The Bertz CT molecular complexity index is 414. The number of likely N-dealkylation sites (N-methyl/N-ethyl adjacent to an activating group) is 1. The summed E-state index contributed by atoms with van der Waals surface area (Å²) in [5.41, 5.74) is -1.12. The lowest BCUT2D eigenvalue weighted by Gasteiger charge is -2.39. The molecule has 1 saturated carbocycles. The van der Waals surface area contributed by atoms with Crippen molar-refractivity contribution in [1.82, 2.24) is 10.2 Å². The first-order valence-corrected chi connectivity index (χ1v) is 7.76. The van der Waals surface area contributed by atoms with Crippen molar-refractivity contribution in [1.29, 1.82) is 0 Å². The van der Waals surface area contributed by atoms with Gasteiger partial charge in [-0.3, -0.25) is 0 Å². The molecule has 2 N–H and O–H groups in total. The molecule has 1 saturated heterocycles. The highest BCUT2D eigenvalue weighted by Gasteiger charge is 2.44. The average molecular weight is 298 g/mol. The lowest BCUT2D eigenvalue weighted by Crippen LogP contribution is -2.60. The molecule has 1 heterocycles. The Morgan fingerprint density at radius 1 is 1.33 bits per heavy atom. The number of hydrogen-bond donors (Lipinski definition) is 2. The average Bonchev–Trinajstić information content (AvgIpc) is 2.83. The Balaban J connectivity index is 2.06. The zero-order valence-electron chi connectivity index (χ0n) is 13.1. The molecule has 4 atom stereocenters. The maximum atomic E-state index is 12.5. The number of ether oxygens (including phenoxy) is 1. The summed E-state index contributed by atoms with van der Waals surface area (Å²) in [6.45, 7) is 4.63. The third-order valence-electron chi connectivity index (χ3n) is 4.91. The van der Waals surface area contributed by atoms with Gasteiger partial charge in [0.25, 0.3) is 0 Å². The first kappa shape index (κ1) is 16.1. The van der Waals surface area contributed by atoms with Gasteiger partial charge in [0.05, 0.1) is 12.1 Å². The molecule has 0 aromatic heterocycles. The first-order chi connectivity index (χ1) is 9.85. The molecule has 0 radical (unpaired) electrons. The van der Waals surface area contributed by atoms with Crippen molar-refractivity contribution >= 4 is 12.0 Å². The number of carbonyl (C=O) groups excluding carboxylic acids is 1. The second kappa shape index (κ2) is 6.22. The number of nitrogens with zero attached hydrogens (tertiary/aromatic N) is 1. The van der Waals surface area contributed by atoms with E-state index in [-0.39, 0.29) is 18.2 Å². The van der Waals surface area contributed by atoms with Crippen molar-refractivity contribution in [2.75, 3.05) is 13.7 Å². The minimum Gasteiger partial charge on any atom is -0.480 e. The molecule has 6 heteroatoms. The van der Waals surface area contributed by atoms with E-state index in [9.17, 15) is 14.7 Å². The van der Waals surface area contributed by atoms with E-state index < -0.39 is 11.5 Å². The SMILES string of the molecule is CC1CCCC(NC(=O)N(C)C2CCOC2C)(C(=O)O)C1. The van der Waals surface area contributed by atoms with Gasteiger partial charge in [0.15, 0.2) is 0 Å². The molecule has 6 nitrogen and oxygen atoms in total. The van der Waals surface area contributed by atoms with Crippen molar-refractivity contribution in [3.05, 3.63) is 0 Å². The predicted octanol–water partition coefficient (Wildman–Crippen LogP) is 1.84. The predicted molar refractivity (Wildman–Crippen MR) is 78.1 cm³/mol. The Hall–Kier alpha value is -1.30. The van der Waals surface area contributed by atoms with Crippen molar-refractivity contribution in [3.8, 4) is 0 Å². The van der Waals surface area contributed by atoms with Crippen LogP contribution in [-0.4, -0.2) is 53.3 Å². The lowest BCUT2D eigenvalue weighted by atomic mass is 9.76. The maximum absolute atomic E-state index is 12.5. The highest BCUT2D eigenvalue weighted by molar-refractivity contribution is 5.86. The summed E-state index contributed by atoms with van der Waals surface area (Å²) in [6.07, 6.45) is 3.64. The Labute approximate surface area is 125 Å². The zero-order chi connectivity index (χ0) is 15.6. The van der Waals surface area contributed by atoms with E-state index in [0.717, 1.165) is 19.3 Å². The molecule has 2 amide bonds. The summed E-state index contributed by atoms with van der Waals surface area (Å²) in [6, 6.07) is -0.300. The molecule has 0 bridgehead atoms. The molecular weight excluding hydrogens is 272 g/mol. The summed E-state index contributed by atoms with van der Waals surface area (Å²) in [5, 5.41) is 12.4. The second-order valence-electron chi connectivity index (χ2n) is 6.56. The van der Waals surface area contributed by atoms with Crippen LogP contribution in [0.25, 0.3) is 0 Å². The van der Waals surface area contributed by atoms with E-state index in [1.807, 2.05) is 13.8 Å². The normalized spacial score (nSPS) is 36.2. The molecule has 2 aliphatic rings. The molecule has 2 fully saturated rings. The monoisotopic (exact) mass is 298 g/mol. The van der Waals surface area contributed by atoms with Gasteiger partial charge in [-0.15, -0.1) is 0 Å². The van der Waals surface area contributed by atoms with Crippen molar-refractivity contribution in [3.63, 3.8) is 0 Å². The first-order valence-electron chi connectivity index (χ1n) is 7.76. The van der Waals surface area contributed by atoms with Crippen LogP contribution in [-0.2, 0) is 9.53 Å². The fraction of sp³-hybridized carbons (Fsp3) is 0.867. The Morgan fingerprint density at radius 3 is 2.57 bits per heavy atom. The number of rotatable bonds is 3. The fourth-order valence-electron chi connectivity index (χ4n) is 3.59. The van der Waals surface area contributed by atoms with Gasteiger partial charge in [0, 0.05) is 13.7 Å². The third-order valence-corrected chi connectivity index (χ3v) is 4.91. The van der Waals surface area contributed by atoms with Crippen LogP contribution in [0, 0.1) is 5.92 Å². The zero-order valence-corrected chi connectivity index (χ0v) is 13.1. The molecule has 0 aromatic carbocycles.